The zero-order valence-electron chi connectivity index (χ0n) is 26.0. The summed E-state index contributed by atoms with van der Waals surface area (Å²) in [5, 5.41) is 0. The Kier molecular flexibility index (Phi) is 15.8. The first-order valence-electron chi connectivity index (χ1n) is 18.0. The number of halogens is 4. The Morgan fingerprint density at radius 2 is 0.725 bits per heavy atom. The summed E-state index contributed by atoms with van der Waals surface area (Å²) in [4.78, 5) is 2.70. The minimum Gasteiger partial charge on any atom is -0.0875 e. The topological polar surface area (TPSA) is 0 Å². The van der Waals surface area contributed by atoms with E-state index in [1.165, 1.54) is 141 Å². The van der Waals surface area contributed by atoms with E-state index >= 15 is 0 Å². The highest BCUT2D eigenvalue weighted by molar-refractivity contribution is 9.12. The van der Waals surface area contributed by atoms with Crippen LogP contribution in [0, 0.1) is 47.3 Å². The van der Waals surface area contributed by atoms with E-state index in [2.05, 4.69) is 77.6 Å². The van der Waals surface area contributed by atoms with Gasteiger partial charge in [0.05, 0.1) is 0 Å². The van der Waals surface area contributed by atoms with Crippen molar-refractivity contribution in [1.29, 1.82) is 0 Å². The second kappa shape index (κ2) is 18.2. The highest BCUT2D eigenvalue weighted by atomic mass is 79.9. The molecule has 0 saturated heterocycles. The maximum atomic E-state index is 4.25. The summed E-state index contributed by atoms with van der Waals surface area (Å²) in [5.74, 6) is 7.59. The average Bonchev–Trinajstić information content (AvgIpc) is 3.01. The minimum absolute atomic E-state index is 0.674. The van der Waals surface area contributed by atoms with Crippen LogP contribution in [0.4, 0.5) is 0 Å². The van der Waals surface area contributed by atoms with Crippen LogP contribution in [-0.2, 0) is 0 Å². The second-order valence-corrected chi connectivity index (χ2v) is 19.2. The van der Waals surface area contributed by atoms with E-state index in [0.717, 1.165) is 47.3 Å². The third-order valence-corrected chi connectivity index (χ3v) is 19.1. The molecule has 4 heteroatoms. The van der Waals surface area contributed by atoms with Crippen molar-refractivity contribution in [1.82, 2.24) is 0 Å². The van der Waals surface area contributed by atoms with Crippen LogP contribution < -0.4 is 0 Å². The van der Waals surface area contributed by atoms with Crippen molar-refractivity contribution >= 4 is 63.7 Å². The maximum absolute atomic E-state index is 4.25. The predicted molar refractivity (Wildman–Crippen MR) is 192 cm³/mol. The van der Waals surface area contributed by atoms with Crippen molar-refractivity contribution in [3.8, 4) is 0 Å². The molecule has 4 unspecified atom stereocenters. The summed E-state index contributed by atoms with van der Waals surface area (Å²) in [6.45, 7) is 4.69. The van der Waals surface area contributed by atoms with Gasteiger partial charge < -0.3 is 0 Å². The minimum atomic E-state index is 0.674. The number of hydrogen-bond donors (Lipinski definition) is 0. The van der Waals surface area contributed by atoms with Crippen molar-refractivity contribution in [3.63, 3.8) is 0 Å². The summed E-state index contributed by atoms with van der Waals surface area (Å²) in [6.07, 6.45) is 32.1. The zero-order chi connectivity index (χ0) is 28.5. The lowest BCUT2D eigenvalue weighted by Gasteiger charge is -2.42. The number of hydrogen-bond acceptors (Lipinski definition) is 0. The van der Waals surface area contributed by atoms with E-state index < -0.39 is 0 Å². The zero-order valence-corrected chi connectivity index (χ0v) is 32.3. The average molecular weight is 815 g/mol. The molecule has 0 nitrogen and oxygen atoms in total. The molecule has 0 spiro atoms. The Morgan fingerprint density at radius 1 is 0.400 bits per heavy atom. The van der Waals surface area contributed by atoms with Gasteiger partial charge in [0.2, 0.25) is 0 Å². The Bertz CT molecular complexity index is 666. The molecule has 4 saturated carbocycles. The largest absolute Gasteiger partial charge is 0.0875 e. The molecule has 40 heavy (non-hydrogen) atoms. The third-order valence-electron chi connectivity index (χ3n) is 12.4. The standard InChI is InChI=1S/C36H62Br4/c1-3-5-6-8-26-11-15-30(16-12-26)34(38)36(40)32-23-19-28(20-24-32)27-17-21-31(22-18-27)35(39)33(37)29-13-9-25(7-4-2)10-14-29/h25-36H,3-24H2,1-2H3. The predicted octanol–water partition coefficient (Wildman–Crippen LogP) is 13.6. The molecule has 0 bridgehead atoms. The van der Waals surface area contributed by atoms with Gasteiger partial charge in [-0.1, -0.05) is 142 Å². The van der Waals surface area contributed by atoms with Gasteiger partial charge in [-0.15, -0.1) is 0 Å². The fraction of sp³-hybridized carbons (Fsp3) is 1.00. The Labute approximate surface area is 283 Å². The Hall–Kier alpha value is 1.92. The Balaban J connectivity index is 1.13. The van der Waals surface area contributed by atoms with E-state index in [1.807, 2.05) is 0 Å². The molecule has 0 aromatic rings. The summed E-state index contributed by atoms with van der Waals surface area (Å²) in [6, 6.07) is 0. The van der Waals surface area contributed by atoms with Crippen LogP contribution >= 0.6 is 63.7 Å². The molecule has 234 valence electrons. The molecule has 4 fully saturated rings. The van der Waals surface area contributed by atoms with Crippen molar-refractivity contribution in [3.05, 3.63) is 0 Å². The lowest BCUT2D eigenvalue weighted by molar-refractivity contribution is 0.139. The SMILES string of the molecule is CCCCCC1CCC(C(Br)C(Br)C2CCC(C3CCC(C(Br)C(Br)C4CCC(CCC)CC4)CC3)CC2)CC1. The van der Waals surface area contributed by atoms with Gasteiger partial charge in [0.25, 0.3) is 0 Å². The third kappa shape index (κ3) is 9.96. The lowest BCUT2D eigenvalue weighted by Crippen LogP contribution is -2.37. The molecule has 4 atom stereocenters. The highest BCUT2D eigenvalue weighted by Crippen LogP contribution is 2.48. The van der Waals surface area contributed by atoms with Gasteiger partial charge in [-0.3, -0.25) is 0 Å². The van der Waals surface area contributed by atoms with Crippen LogP contribution in [0.3, 0.4) is 0 Å². The first-order valence-corrected chi connectivity index (χ1v) is 21.6. The first kappa shape index (κ1) is 34.8. The van der Waals surface area contributed by atoms with Gasteiger partial charge >= 0.3 is 0 Å². The molecule has 0 N–H and O–H groups in total. The molecule has 0 heterocycles. The van der Waals surface area contributed by atoms with Crippen molar-refractivity contribution in [2.24, 2.45) is 47.3 Å². The fourth-order valence-electron chi connectivity index (χ4n) is 9.59. The molecule has 4 rings (SSSR count). The van der Waals surface area contributed by atoms with E-state index in [1.54, 1.807) is 0 Å². The molecular formula is C36H62Br4. The summed E-state index contributed by atoms with van der Waals surface area (Å²) < 4.78 is 0. The fourth-order valence-corrected chi connectivity index (χ4v) is 13.4. The van der Waals surface area contributed by atoms with Crippen LogP contribution in [0.1, 0.15) is 155 Å². The van der Waals surface area contributed by atoms with Gasteiger partial charge in [-0.2, -0.15) is 0 Å². The maximum Gasteiger partial charge on any atom is 0.0302 e. The molecule has 0 radical (unpaired) electrons. The van der Waals surface area contributed by atoms with E-state index in [0.29, 0.717) is 19.3 Å². The van der Waals surface area contributed by atoms with Crippen molar-refractivity contribution in [2.45, 2.75) is 174 Å². The lowest BCUT2D eigenvalue weighted by atomic mass is 9.67. The summed E-state index contributed by atoms with van der Waals surface area (Å²) in [5.41, 5.74) is 0. The highest BCUT2D eigenvalue weighted by Gasteiger charge is 2.39. The van der Waals surface area contributed by atoms with Crippen LogP contribution in [0.2, 0.25) is 0 Å². The number of alkyl halides is 4. The summed E-state index contributed by atoms with van der Waals surface area (Å²) in [7, 11) is 0. The van der Waals surface area contributed by atoms with Gasteiger partial charge in [0.1, 0.15) is 0 Å². The van der Waals surface area contributed by atoms with Gasteiger partial charge in [0, 0.05) is 19.3 Å². The first-order chi connectivity index (χ1) is 19.4. The Morgan fingerprint density at radius 3 is 1.05 bits per heavy atom. The van der Waals surface area contributed by atoms with Gasteiger partial charge in [0.15, 0.2) is 0 Å². The molecule has 0 aliphatic heterocycles. The number of unbranched alkanes of at least 4 members (excludes halogenated alkanes) is 2. The van der Waals surface area contributed by atoms with Crippen molar-refractivity contribution < 1.29 is 0 Å². The molecule has 0 amide bonds. The smallest absolute Gasteiger partial charge is 0.0302 e. The van der Waals surface area contributed by atoms with Gasteiger partial charge in [-0.05, 0) is 124 Å². The van der Waals surface area contributed by atoms with Crippen LogP contribution in [-0.4, -0.2) is 19.3 Å². The molecule has 4 aliphatic rings. The van der Waals surface area contributed by atoms with Crippen molar-refractivity contribution in [2.75, 3.05) is 0 Å². The summed E-state index contributed by atoms with van der Waals surface area (Å²) >= 11 is 16.9. The molecule has 0 aromatic carbocycles. The molecule has 0 aromatic heterocycles. The second-order valence-electron chi connectivity index (χ2n) is 15.0. The number of rotatable bonds is 13. The monoisotopic (exact) mass is 810 g/mol. The molecular weight excluding hydrogens is 752 g/mol. The van der Waals surface area contributed by atoms with Gasteiger partial charge in [-0.25, -0.2) is 0 Å². The normalized spacial score (nSPS) is 38.9. The molecule has 4 aliphatic carbocycles. The van der Waals surface area contributed by atoms with Crippen LogP contribution in [0.5, 0.6) is 0 Å². The van der Waals surface area contributed by atoms with Crippen LogP contribution in [0.15, 0.2) is 0 Å². The van der Waals surface area contributed by atoms with E-state index in [4.69, 9.17) is 0 Å². The van der Waals surface area contributed by atoms with E-state index in [-0.39, 0.29) is 0 Å². The quantitative estimate of drug-likeness (QED) is 0.128. The van der Waals surface area contributed by atoms with E-state index in [9.17, 15) is 0 Å². The van der Waals surface area contributed by atoms with Crippen LogP contribution in [0.25, 0.3) is 0 Å².